The van der Waals surface area contributed by atoms with Gasteiger partial charge in [-0.1, -0.05) is 47.5 Å². The summed E-state index contributed by atoms with van der Waals surface area (Å²) in [6.07, 6.45) is 2.58. The van der Waals surface area contributed by atoms with Gasteiger partial charge in [0.15, 0.2) is 11.6 Å². The van der Waals surface area contributed by atoms with Gasteiger partial charge in [0.25, 0.3) is 0 Å². The molecule has 0 bridgehead atoms. The Hall–Kier alpha value is -2.85. The molecule has 0 spiro atoms. The molecule has 3 aromatic rings. The summed E-state index contributed by atoms with van der Waals surface area (Å²) in [6, 6.07) is 14.9. The number of pyridine rings is 1. The summed E-state index contributed by atoms with van der Waals surface area (Å²) in [5, 5.41) is 13.3. The standard InChI is InChI=1S/C25H23Cl2FN4O/c1-15(22-19(26)6-7-20(28)23(22)27)33-21-12-17(13-32-24(21)30)16-2-4-18(5-3-16)25(14-29)8-10-31-11-9-25/h2-7,12-13,15,31H,8-11H2,1H3,(H2,30,32). The molecule has 0 aliphatic carbocycles. The highest BCUT2D eigenvalue weighted by Crippen LogP contribution is 2.38. The third-order valence-corrected chi connectivity index (χ3v) is 6.83. The number of nitrogens with one attached hydrogen (secondary N) is 1. The zero-order valence-corrected chi connectivity index (χ0v) is 19.6. The molecule has 1 aromatic heterocycles. The lowest BCUT2D eigenvalue weighted by atomic mass is 9.74. The van der Waals surface area contributed by atoms with Crippen molar-refractivity contribution in [2.45, 2.75) is 31.3 Å². The first-order valence-corrected chi connectivity index (χ1v) is 11.4. The van der Waals surface area contributed by atoms with E-state index in [-0.39, 0.29) is 10.8 Å². The average Bonchev–Trinajstić information content (AvgIpc) is 2.83. The average molecular weight is 485 g/mol. The summed E-state index contributed by atoms with van der Waals surface area (Å²) in [5.41, 5.74) is 8.64. The molecule has 1 aliphatic rings. The van der Waals surface area contributed by atoms with E-state index < -0.39 is 17.3 Å². The van der Waals surface area contributed by atoms with Gasteiger partial charge in [-0.3, -0.25) is 0 Å². The van der Waals surface area contributed by atoms with Crippen LogP contribution in [0.15, 0.2) is 48.7 Å². The Morgan fingerprint density at radius 3 is 2.52 bits per heavy atom. The Labute approximate surface area is 202 Å². The van der Waals surface area contributed by atoms with Crippen LogP contribution in [0.25, 0.3) is 11.1 Å². The largest absolute Gasteiger partial charge is 0.482 e. The minimum absolute atomic E-state index is 0.0855. The molecule has 5 nitrogen and oxygen atoms in total. The van der Waals surface area contributed by atoms with E-state index in [1.807, 2.05) is 24.3 Å². The Morgan fingerprint density at radius 1 is 1.15 bits per heavy atom. The van der Waals surface area contributed by atoms with Gasteiger partial charge in [0.05, 0.1) is 16.5 Å². The smallest absolute Gasteiger partial charge is 0.166 e. The number of rotatable bonds is 5. The van der Waals surface area contributed by atoms with E-state index in [1.54, 1.807) is 19.2 Å². The molecule has 1 unspecified atom stereocenters. The van der Waals surface area contributed by atoms with E-state index in [0.29, 0.717) is 16.3 Å². The lowest BCUT2D eigenvalue weighted by molar-refractivity contribution is 0.227. The normalized spacial score (nSPS) is 16.1. The molecular weight excluding hydrogens is 462 g/mol. The van der Waals surface area contributed by atoms with Gasteiger partial charge in [-0.05, 0) is 62.2 Å². The fourth-order valence-electron chi connectivity index (χ4n) is 4.17. The van der Waals surface area contributed by atoms with Gasteiger partial charge in [0, 0.05) is 22.3 Å². The highest BCUT2D eigenvalue weighted by molar-refractivity contribution is 6.36. The molecule has 2 aromatic carbocycles. The number of nitrogen functional groups attached to an aromatic ring is 1. The highest BCUT2D eigenvalue weighted by Gasteiger charge is 2.33. The van der Waals surface area contributed by atoms with Crippen molar-refractivity contribution in [2.24, 2.45) is 0 Å². The number of benzene rings is 2. The van der Waals surface area contributed by atoms with Crippen LogP contribution in [-0.4, -0.2) is 18.1 Å². The van der Waals surface area contributed by atoms with Crippen LogP contribution in [0.2, 0.25) is 10.0 Å². The minimum atomic E-state index is -0.655. The van der Waals surface area contributed by atoms with Crippen molar-refractivity contribution in [3.8, 4) is 22.9 Å². The maximum absolute atomic E-state index is 13.9. The van der Waals surface area contributed by atoms with Crippen molar-refractivity contribution in [1.82, 2.24) is 10.3 Å². The topological polar surface area (TPSA) is 84.0 Å². The van der Waals surface area contributed by atoms with Crippen molar-refractivity contribution < 1.29 is 9.13 Å². The van der Waals surface area contributed by atoms with Gasteiger partial charge in [-0.15, -0.1) is 0 Å². The van der Waals surface area contributed by atoms with Crippen LogP contribution >= 0.6 is 23.2 Å². The highest BCUT2D eigenvalue weighted by atomic mass is 35.5. The molecule has 0 saturated carbocycles. The minimum Gasteiger partial charge on any atom is -0.482 e. The van der Waals surface area contributed by atoms with Gasteiger partial charge in [0.2, 0.25) is 0 Å². The molecule has 1 fully saturated rings. The van der Waals surface area contributed by atoms with Crippen LogP contribution in [0.3, 0.4) is 0 Å². The first-order valence-electron chi connectivity index (χ1n) is 10.6. The first kappa shape index (κ1) is 23.3. The number of anilines is 1. The molecule has 8 heteroatoms. The Kier molecular flexibility index (Phi) is 6.76. The summed E-state index contributed by atoms with van der Waals surface area (Å²) in [6.45, 7) is 3.37. The summed E-state index contributed by atoms with van der Waals surface area (Å²) in [7, 11) is 0. The molecule has 170 valence electrons. The van der Waals surface area contributed by atoms with E-state index in [9.17, 15) is 9.65 Å². The van der Waals surface area contributed by atoms with E-state index in [4.69, 9.17) is 33.7 Å². The van der Waals surface area contributed by atoms with Crippen LogP contribution in [-0.2, 0) is 5.41 Å². The molecule has 1 aliphatic heterocycles. The van der Waals surface area contributed by atoms with Crippen LogP contribution in [0.5, 0.6) is 5.75 Å². The zero-order chi connectivity index (χ0) is 23.6. The monoisotopic (exact) mass is 484 g/mol. The zero-order valence-electron chi connectivity index (χ0n) is 18.0. The lowest BCUT2D eigenvalue weighted by Crippen LogP contribution is -2.38. The van der Waals surface area contributed by atoms with Gasteiger partial charge in [-0.25, -0.2) is 9.37 Å². The fourth-order valence-corrected chi connectivity index (χ4v) is 4.85. The molecule has 1 atom stereocenters. The van der Waals surface area contributed by atoms with Crippen molar-refractivity contribution in [3.63, 3.8) is 0 Å². The number of nitriles is 1. The van der Waals surface area contributed by atoms with Crippen molar-refractivity contribution in [1.29, 1.82) is 5.26 Å². The SMILES string of the molecule is CC(Oc1cc(-c2ccc(C3(C#N)CCNCC3)cc2)cnc1N)c1c(Cl)ccc(F)c1Cl. The Balaban J connectivity index is 1.60. The number of halogens is 3. The maximum atomic E-state index is 13.9. The Morgan fingerprint density at radius 2 is 1.85 bits per heavy atom. The molecule has 0 radical (unpaired) electrons. The second kappa shape index (κ2) is 9.56. The third-order valence-electron chi connectivity index (χ3n) is 6.11. The number of hydrogen-bond acceptors (Lipinski definition) is 5. The summed E-state index contributed by atoms with van der Waals surface area (Å²) < 4.78 is 19.9. The lowest BCUT2D eigenvalue weighted by Gasteiger charge is -2.31. The number of piperidine rings is 1. The van der Waals surface area contributed by atoms with Crippen LogP contribution in [0.4, 0.5) is 10.2 Å². The van der Waals surface area contributed by atoms with Crippen LogP contribution < -0.4 is 15.8 Å². The van der Waals surface area contributed by atoms with Crippen LogP contribution in [0, 0.1) is 17.1 Å². The molecule has 3 N–H and O–H groups in total. The predicted octanol–water partition coefficient (Wildman–Crippen LogP) is 6.06. The van der Waals surface area contributed by atoms with E-state index in [0.717, 1.165) is 42.6 Å². The van der Waals surface area contributed by atoms with Gasteiger partial charge in [0.1, 0.15) is 11.9 Å². The van der Waals surface area contributed by atoms with Gasteiger partial charge >= 0.3 is 0 Å². The molecular formula is C25H23Cl2FN4O. The maximum Gasteiger partial charge on any atom is 0.166 e. The predicted molar refractivity (Wildman–Crippen MR) is 129 cm³/mol. The molecule has 0 amide bonds. The number of hydrogen-bond donors (Lipinski definition) is 2. The molecule has 2 heterocycles. The second-order valence-corrected chi connectivity index (χ2v) is 8.93. The van der Waals surface area contributed by atoms with E-state index in [1.165, 1.54) is 12.1 Å². The number of nitrogens with two attached hydrogens (primary N) is 1. The van der Waals surface area contributed by atoms with Crippen molar-refractivity contribution >= 4 is 29.0 Å². The second-order valence-electron chi connectivity index (χ2n) is 8.15. The fraction of sp³-hybridized carbons (Fsp3) is 0.280. The first-order chi connectivity index (χ1) is 15.8. The number of ether oxygens (including phenoxy) is 1. The summed E-state index contributed by atoms with van der Waals surface area (Å²) in [5.74, 6) is -0.0355. The third kappa shape index (κ3) is 4.63. The Bertz CT molecular complexity index is 1200. The molecule has 33 heavy (non-hydrogen) atoms. The molecule has 4 rings (SSSR count). The summed E-state index contributed by atoms with van der Waals surface area (Å²) >= 11 is 12.3. The van der Waals surface area contributed by atoms with Crippen LogP contribution in [0.1, 0.15) is 37.0 Å². The van der Waals surface area contributed by atoms with E-state index in [2.05, 4.69) is 16.4 Å². The van der Waals surface area contributed by atoms with Crippen molar-refractivity contribution in [2.75, 3.05) is 18.8 Å². The summed E-state index contributed by atoms with van der Waals surface area (Å²) in [4.78, 5) is 4.26. The number of aromatic nitrogens is 1. The van der Waals surface area contributed by atoms with Crippen molar-refractivity contribution in [3.05, 3.63) is 75.7 Å². The number of nitrogens with zero attached hydrogens (tertiary/aromatic N) is 2. The molecule has 1 saturated heterocycles. The quantitative estimate of drug-likeness (QED) is 0.429. The van der Waals surface area contributed by atoms with Gasteiger partial charge < -0.3 is 15.8 Å². The van der Waals surface area contributed by atoms with E-state index >= 15 is 0 Å². The van der Waals surface area contributed by atoms with Gasteiger partial charge in [-0.2, -0.15) is 5.26 Å².